The van der Waals surface area contributed by atoms with E-state index in [0.717, 1.165) is 30.6 Å². The van der Waals surface area contributed by atoms with Gasteiger partial charge in [0, 0.05) is 49.2 Å². The van der Waals surface area contributed by atoms with Crippen molar-refractivity contribution in [2.24, 2.45) is 0 Å². The predicted octanol–water partition coefficient (Wildman–Crippen LogP) is 3.74. The van der Waals surface area contributed by atoms with Gasteiger partial charge in [-0.1, -0.05) is 0 Å². The van der Waals surface area contributed by atoms with Gasteiger partial charge in [-0.2, -0.15) is 0 Å². The van der Waals surface area contributed by atoms with Crippen LogP contribution in [0.25, 0.3) is 0 Å². The number of nitrogen functional groups attached to an aromatic ring is 1. The van der Waals surface area contributed by atoms with Crippen LogP contribution >= 0.6 is 15.9 Å². The van der Waals surface area contributed by atoms with Crippen LogP contribution in [0, 0.1) is 0 Å². The Balaban J connectivity index is 1.73. The van der Waals surface area contributed by atoms with E-state index in [0.29, 0.717) is 16.8 Å². The summed E-state index contributed by atoms with van der Waals surface area (Å²) >= 11 is 3.29. The van der Waals surface area contributed by atoms with Crippen LogP contribution in [0.2, 0.25) is 0 Å². The SMILES string of the molecule is CC(C)(C)OC(=O)N[C@H]1CCCN(c2ccncc2CC(=O)c2nc(Br)ccc2N)C1. The molecule has 0 aliphatic carbocycles. The van der Waals surface area contributed by atoms with Crippen LogP contribution in [0.3, 0.4) is 0 Å². The fraction of sp³-hybridized carbons (Fsp3) is 0.455. The summed E-state index contributed by atoms with van der Waals surface area (Å²) < 4.78 is 5.94. The van der Waals surface area contributed by atoms with Gasteiger partial charge in [-0.25, -0.2) is 9.78 Å². The maximum absolute atomic E-state index is 12.9. The molecule has 1 atom stereocenters. The third-order valence-corrected chi connectivity index (χ3v) is 5.31. The van der Waals surface area contributed by atoms with Crippen LogP contribution in [0.4, 0.5) is 16.2 Å². The Morgan fingerprint density at radius 2 is 2.10 bits per heavy atom. The van der Waals surface area contributed by atoms with E-state index in [1.807, 2.05) is 26.8 Å². The minimum absolute atomic E-state index is 0.0392. The molecule has 3 heterocycles. The molecule has 1 amide bonds. The Kier molecular flexibility index (Phi) is 7.15. The molecular formula is C22H28BrN5O3. The molecule has 0 spiro atoms. The molecule has 2 aromatic heterocycles. The summed E-state index contributed by atoms with van der Waals surface area (Å²) in [7, 11) is 0. The molecule has 1 aliphatic heterocycles. The van der Waals surface area contributed by atoms with E-state index < -0.39 is 11.7 Å². The first kappa shape index (κ1) is 23.0. The molecule has 0 radical (unpaired) electrons. The lowest BCUT2D eigenvalue weighted by molar-refractivity contribution is 0.0500. The van der Waals surface area contributed by atoms with E-state index in [9.17, 15) is 9.59 Å². The number of rotatable bonds is 5. The van der Waals surface area contributed by atoms with Crippen LogP contribution < -0.4 is 16.0 Å². The molecule has 0 saturated carbocycles. The molecule has 0 aromatic carbocycles. The minimum atomic E-state index is -0.542. The summed E-state index contributed by atoms with van der Waals surface area (Å²) in [6, 6.07) is 5.22. The van der Waals surface area contributed by atoms with Crippen LogP contribution in [0.5, 0.6) is 0 Å². The average Bonchev–Trinajstić information content (AvgIpc) is 2.69. The first-order valence-corrected chi connectivity index (χ1v) is 11.0. The molecule has 2 aromatic rings. The van der Waals surface area contributed by atoms with E-state index in [4.69, 9.17) is 10.5 Å². The summed E-state index contributed by atoms with van der Waals surface area (Å²) in [6.07, 6.45) is 4.91. The van der Waals surface area contributed by atoms with Gasteiger partial charge in [0.2, 0.25) is 0 Å². The topological polar surface area (TPSA) is 110 Å². The van der Waals surface area contributed by atoms with Gasteiger partial charge in [0.25, 0.3) is 0 Å². The molecule has 1 aliphatic rings. The molecular weight excluding hydrogens is 462 g/mol. The van der Waals surface area contributed by atoms with Crippen LogP contribution in [-0.2, 0) is 11.2 Å². The maximum atomic E-state index is 12.9. The monoisotopic (exact) mass is 489 g/mol. The molecule has 8 nitrogen and oxygen atoms in total. The number of anilines is 2. The molecule has 31 heavy (non-hydrogen) atoms. The molecule has 0 unspecified atom stereocenters. The second-order valence-corrected chi connectivity index (χ2v) is 9.42. The van der Waals surface area contributed by atoms with Gasteiger partial charge in [0.1, 0.15) is 15.9 Å². The van der Waals surface area contributed by atoms with Gasteiger partial charge in [0.05, 0.1) is 5.69 Å². The van der Waals surface area contributed by atoms with Crippen molar-refractivity contribution in [3.05, 3.63) is 46.5 Å². The number of ketones is 1. The van der Waals surface area contributed by atoms with Crippen molar-refractivity contribution in [1.29, 1.82) is 0 Å². The van der Waals surface area contributed by atoms with E-state index in [1.165, 1.54) is 0 Å². The lowest BCUT2D eigenvalue weighted by Crippen LogP contribution is -2.49. The number of alkyl carbamates (subject to hydrolysis) is 1. The molecule has 3 N–H and O–H groups in total. The fourth-order valence-electron chi connectivity index (χ4n) is 3.58. The second kappa shape index (κ2) is 9.64. The van der Waals surface area contributed by atoms with Crippen LogP contribution in [0.15, 0.2) is 35.2 Å². The van der Waals surface area contributed by atoms with Crippen molar-refractivity contribution in [2.45, 2.75) is 51.7 Å². The number of nitrogens with zero attached hydrogens (tertiary/aromatic N) is 3. The molecule has 1 fully saturated rings. The van der Waals surface area contributed by atoms with Crippen LogP contribution in [0.1, 0.15) is 49.7 Å². The predicted molar refractivity (Wildman–Crippen MR) is 123 cm³/mol. The number of aromatic nitrogens is 2. The standard InChI is InChI=1S/C22H28BrN5O3/c1-22(2,3)31-21(30)26-15-5-4-10-28(13-15)17-8-9-25-12-14(17)11-18(29)20-16(24)6-7-19(23)27-20/h6-9,12,15H,4-5,10-11,13,24H2,1-3H3,(H,26,30)/t15-/m0/s1. The Hall–Kier alpha value is -2.68. The van der Waals surface area contributed by atoms with Crippen molar-refractivity contribution < 1.29 is 14.3 Å². The zero-order chi connectivity index (χ0) is 22.6. The van der Waals surface area contributed by atoms with Gasteiger partial charge >= 0.3 is 6.09 Å². The van der Waals surface area contributed by atoms with Crippen molar-refractivity contribution in [3.8, 4) is 0 Å². The number of halogens is 1. The number of carbonyl (C=O) groups is 2. The molecule has 0 bridgehead atoms. The normalized spacial score (nSPS) is 16.6. The number of pyridine rings is 2. The quantitative estimate of drug-likeness (QED) is 0.485. The maximum Gasteiger partial charge on any atom is 0.407 e. The molecule has 3 rings (SSSR count). The van der Waals surface area contributed by atoms with Crippen molar-refractivity contribution in [1.82, 2.24) is 15.3 Å². The van der Waals surface area contributed by atoms with Gasteiger partial charge in [-0.05, 0) is 67.7 Å². The average molecular weight is 490 g/mol. The summed E-state index contributed by atoms with van der Waals surface area (Å²) in [5.74, 6) is -0.173. The third kappa shape index (κ3) is 6.40. The highest BCUT2D eigenvalue weighted by Crippen LogP contribution is 2.26. The Labute approximate surface area is 190 Å². The lowest BCUT2D eigenvalue weighted by atomic mass is 10.0. The highest BCUT2D eigenvalue weighted by molar-refractivity contribution is 9.10. The Morgan fingerprint density at radius 1 is 1.32 bits per heavy atom. The molecule has 166 valence electrons. The van der Waals surface area contributed by atoms with Crippen molar-refractivity contribution in [3.63, 3.8) is 0 Å². The number of hydrogen-bond donors (Lipinski definition) is 2. The van der Waals surface area contributed by atoms with E-state index >= 15 is 0 Å². The first-order valence-electron chi connectivity index (χ1n) is 10.2. The highest BCUT2D eigenvalue weighted by Gasteiger charge is 2.26. The van der Waals surface area contributed by atoms with Gasteiger partial charge in [-0.3, -0.25) is 9.78 Å². The Morgan fingerprint density at radius 3 is 2.84 bits per heavy atom. The summed E-state index contributed by atoms with van der Waals surface area (Å²) in [4.78, 5) is 35.7. The number of nitrogens with one attached hydrogen (secondary N) is 1. The fourth-order valence-corrected chi connectivity index (χ4v) is 3.89. The van der Waals surface area contributed by atoms with Gasteiger partial charge in [0.15, 0.2) is 5.78 Å². The highest BCUT2D eigenvalue weighted by atomic mass is 79.9. The number of hydrogen-bond acceptors (Lipinski definition) is 7. The van der Waals surface area contributed by atoms with Crippen molar-refractivity contribution in [2.75, 3.05) is 23.7 Å². The summed E-state index contributed by atoms with van der Waals surface area (Å²) in [5, 5.41) is 2.96. The number of amides is 1. The smallest absolute Gasteiger partial charge is 0.407 e. The number of ether oxygens (including phenoxy) is 1. The zero-order valence-corrected chi connectivity index (χ0v) is 19.6. The summed E-state index contributed by atoms with van der Waals surface area (Å²) in [6.45, 7) is 6.98. The minimum Gasteiger partial charge on any atom is -0.444 e. The number of carbonyl (C=O) groups excluding carboxylic acids is 2. The van der Waals surface area contributed by atoms with Crippen LogP contribution in [-0.4, -0.2) is 46.6 Å². The number of nitrogens with two attached hydrogens (primary N) is 1. The Bertz CT molecular complexity index is 960. The van der Waals surface area contributed by atoms with E-state index in [2.05, 4.69) is 36.1 Å². The van der Waals surface area contributed by atoms with Crippen molar-refractivity contribution >= 4 is 39.2 Å². The number of piperidine rings is 1. The molecule has 9 heteroatoms. The number of Topliss-reactive ketones (excluding diaryl/α,β-unsaturated/α-hetero) is 1. The van der Waals surface area contributed by atoms with Gasteiger partial charge < -0.3 is 20.7 Å². The van der Waals surface area contributed by atoms with E-state index in [1.54, 1.807) is 24.5 Å². The largest absolute Gasteiger partial charge is 0.444 e. The second-order valence-electron chi connectivity index (χ2n) is 8.61. The molecule has 1 saturated heterocycles. The van der Waals surface area contributed by atoms with Gasteiger partial charge in [-0.15, -0.1) is 0 Å². The lowest BCUT2D eigenvalue weighted by Gasteiger charge is -2.36. The first-order chi connectivity index (χ1) is 14.6. The zero-order valence-electron chi connectivity index (χ0n) is 18.0. The summed E-state index contributed by atoms with van der Waals surface area (Å²) in [5.41, 5.74) is 7.72. The van der Waals surface area contributed by atoms with E-state index in [-0.39, 0.29) is 23.9 Å². The third-order valence-electron chi connectivity index (χ3n) is 4.87.